The van der Waals surface area contributed by atoms with E-state index in [4.69, 9.17) is 9.47 Å². The molecule has 1 aliphatic heterocycles. The third-order valence-corrected chi connectivity index (χ3v) is 4.54. The molecule has 1 fully saturated rings. The lowest BCUT2D eigenvalue weighted by Gasteiger charge is -2.23. The number of methoxy groups -OCH3 is 1. The largest absolute Gasteiger partial charge is 0.497 e. The predicted octanol–water partition coefficient (Wildman–Crippen LogP) is 3.18. The highest BCUT2D eigenvalue weighted by Crippen LogP contribution is 2.31. The van der Waals surface area contributed by atoms with E-state index >= 15 is 0 Å². The van der Waals surface area contributed by atoms with E-state index in [9.17, 15) is 0 Å². The van der Waals surface area contributed by atoms with Crippen molar-refractivity contribution in [3.05, 3.63) is 71.5 Å². The van der Waals surface area contributed by atoms with E-state index < -0.39 is 0 Å². The van der Waals surface area contributed by atoms with Gasteiger partial charge < -0.3 is 14.4 Å². The molecule has 134 valence electrons. The van der Waals surface area contributed by atoms with Crippen LogP contribution in [-0.4, -0.2) is 35.3 Å². The summed E-state index contributed by atoms with van der Waals surface area (Å²) in [6, 6.07) is 16.4. The number of ether oxygens (including phenoxy) is 2. The Morgan fingerprint density at radius 3 is 2.85 bits per heavy atom. The van der Waals surface area contributed by atoms with Gasteiger partial charge in [-0.15, -0.1) is 5.10 Å². The Balaban J connectivity index is 1.52. The molecule has 2 heterocycles. The number of nitrogens with zero attached hydrogens (tertiary/aromatic N) is 4. The number of rotatable bonds is 5. The molecular weight excluding hydrogens is 328 g/mol. The van der Waals surface area contributed by atoms with E-state index in [1.165, 1.54) is 5.56 Å². The van der Waals surface area contributed by atoms with Gasteiger partial charge in [-0.25, -0.2) is 4.68 Å². The maximum atomic E-state index is 5.93. The summed E-state index contributed by atoms with van der Waals surface area (Å²) in [5.74, 6) is 0.840. The standard InChI is InChI=1S/C20H22N4O2/c1-15-6-8-17(9-7-15)24-10-11-26-20(24)19-14-23(22-21-19)13-16-4-3-5-18(12-16)25-2/h3-9,12,14,20H,10-11,13H2,1-2H3/t20-/m1/s1. The molecule has 0 bridgehead atoms. The van der Waals surface area contributed by atoms with Crippen molar-refractivity contribution in [1.29, 1.82) is 0 Å². The number of aromatic nitrogens is 3. The Labute approximate surface area is 153 Å². The summed E-state index contributed by atoms with van der Waals surface area (Å²) in [4.78, 5) is 2.22. The normalized spacial score (nSPS) is 16.8. The van der Waals surface area contributed by atoms with Gasteiger partial charge in [0, 0.05) is 12.2 Å². The molecule has 0 unspecified atom stereocenters. The molecular formula is C20H22N4O2. The average Bonchev–Trinajstić information content (AvgIpc) is 3.32. The summed E-state index contributed by atoms with van der Waals surface area (Å²) in [7, 11) is 1.67. The SMILES string of the molecule is COc1cccc(Cn2cc([C@H]3OCCN3c3ccc(C)cc3)nn2)c1. The number of aryl methyl sites for hydroxylation is 1. The fraction of sp³-hybridized carbons (Fsp3) is 0.300. The van der Waals surface area contributed by atoms with Crippen molar-refractivity contribution < 1.29 is 9.47 Å². The quantitative estimate of drug-likeness (QED) is 0.707. The number of hydrogen-bond acceptors (Lipinski definition) is 5. The Bertz CT molecular complexity index is 876. The Kier molecular flexibility index (Phi) is 4.58. The molecule has 0 aliphatic carbocycles. The van der Waals surface area contributed by atoms with Crippen LogP contribution in [-0.2, 0) is 11.3 Å². The number of hydrogen-bond donors (Lipinski definition) is 0. The Morgan fingerprint density at radius 2 is 2.04 bits per heavy atom. The van der Waals surface area contributed by atoms with Gasteiger partial charge in [0.15, 0.2) is 6.23 Å². The van der Waals surface area contributed by atoms with Crippen molar-refractivity contribution in [2.24, 2.45) is 0 Å². The van der Waals surface area contributed by atoms with Crippen LogP contribution in [0.15, 0.2) is 54.7 Å². The highest BCUT2D eigenvalue weighted by atomic mass is 16.5. The average molecular weight is 350 g/mol. The lowest BCUT2D eigenvalue weighted by molar-refractivity contribution is 0.110. The van der Waals surface area contributed by atoms with Crippen LogP contribution in [0, 0.1) is 6.92 Å². The minimum Gasteiger partial charge on any atom is -0.497 e. The molecule has 1 atom stereocenters. The molecule has 1 aromatic heterocycles. The maximum absolute atomic E-state index is 5.93. The molecule has 6 nitrogen and oxygen atoms in total. The van der Waals surface area contributed by atoms with Gasteiger partial charge in [-0.3, -0.25) is 0 Å². The van der Waals surface area contributed by atoms with Gasteiger partial charge in [0.1, 0.15) is 11.4 Å². The van der Waals surface area contributed by atoms with E-state index in [-0.39, 0.29) is 6.23 Å². The lowest BCUT2D eigenvalue weighted by Crippen LogP contribution is -2.23. The lowest BCUT2D eigenvalue weighted by atomic mass is 10.2. The van der Waals surface area contributed by atoms with Crippen LogP contribution < -0.4 is 9.64 Å². The number of benzene rings is 2. The zero-order chi connectivity index (χ0) is 17.9. The fourth-order valence-electron chi connectivity index (χ4n) is 3.18. The molecule has 1 aliphatic rings. The van der Waals surface area contributed by atoms with Crippen molar-refractivity contribution in [3.63, 3.8) is 0 Å². The van der Waals surface area contributed by atoms with Gasteiger partial charge in [-0.2, -0.15) is 0 Å². The molecule has 0 amide bonds. The van der Waals surface area contributed by atoms with E-state index in [0.29, 0.717) is 13.2 Å². The van der Waals surface area contributed by atoms with Gasteiger partial charge in [0.2, 0.25) is 0 Å². The fourth-order valence-corrected chi connectivity index (χ4v) is 3.18. The van der Waals surface area contributed by atoms with Gasteiger partial charge in [-0.05, 0) is 36.8 Å². The summed E-state index contributed by atoms with van der Waals surface area (Å²) in [6.07, 6.45) is 1.76. The molecule has 2 aromatic carbocycles. The van der Waals surface area contributed by atoms with E-state index in [2.05, 4.69) is 52.5 Å². The van der Waals surface area contributed by atoms with Crippen LogP contribution in [0.3, 0.4) is 0 Å². The molecule has 3 aromatic rings. The van der Waals surface area contributed by atoms with E-state index in [1.807, 2.05) is 29.1 Å². The van der Waals surface area contributed by atoms with Gasteiger partial charge in [0.05, 0.1) is 26.5 Å². The first-order chi connectivity index (χ1) is 12.7. The van der Waals surface area contributed by atoms with Crippen molar-refractivity contribution in [1.82, 2.24) is 15.0 Å². The van der Waals surface area contributed by atoms with Crippen LogP contribution >= 0.6 is 0 Å². The maximum Gasteiger partial charge on any atom is 0.177 e. The second-order valence-electron chi connectivity index (χ2n) is 6.44. The Hall–Kier alpha value is -2.86. The minimum absolute atomic E-state index is 0.197. The first kappa shape index (κ1) is 16.6. The van der Waals surface area contributed by atoms with Crippen molar-refractivity contribution >= 4 is 5.69 Å². The molecule has 0 saturated carbocycles. The van der Waals surface area contributed by atoms with Gasteiger partial charge in [0.25, 0.3) is 0 Å². The second-order valence-corrected chi connectivity index (χ2v) is 6.44. The van der Waals surface area contributed by atoms with Crippen LogP contribution in [0.4, 0.5) is 5.69 Å². The minimum atomic E-state index is -0.197. The third-order valence-electron chi connectivity index (χ3n) is 4.54. The summed E-state index contributed by atoms with van der Waals surface area (Å²) in [5.41, 5.74) is 4.32. The summed E-state index contributed by atoms with van der Waals surface area (Å²) in [5, 5.41) is 8.62. The molecule has 0 spiro atoms. The van der Waals surface area contributed by atoms with Gasteiger partial charge in [-0.1, -0.05) is 35.0 Å². The topological polar surface area (TPSA) is 52.4 Å². The second kappa shape index (κ2) is 7.17. The monoisotopic (exact) mass is 350 g/mol. The first-order valence-electron chi connectivity index (χ1n) is 8.71. The third kappa shape index (κ3) is 3.41. The molecule has 1 saturated heterocycles. The van der Waals surface area contributed by atoms with E-state index in [1.54, 1.807) is 7.11 Å². The molecule has 6 heteroatoms. The molecule has 0 N–H and O–H groups in total. The highest BCUT2D eigenvalue weighted by molar-refractivity contribution is 5.49. The molecule has 4 rings (SSSR count). The number of anilines is 1. The van der Waals surface area contributed by atoms with Crippen LogP contribution in [0.25, 0.3) is 0 Å². The Morgan fingerprint density at radius 1 is 1.19 bits per heavy atom. The van der Waals surface area contributed by atoms with Crippen LogP contribution in [0.2, 0.25) is 0 Å². The van der Waals surface area contributed by atoms with Crippen LogP contribution in [0.1, 0.15) is 23.0 Å². The molecule has 26 heavy (non-hydrogen) atoms. The highest BCUT2D eigenvalue weighted by Gasteiger charge is 2.29. The van der Waals surface area contributed by atoms with Gasteiger partial charge >= 0.3 is 0 Å². The molecule has 0 radical (unpaired) electrons. The van der Waals surface area contributed by atoms with E-state index in [0.717, 1.165) is 29.2 Å². The smallest absolute Gasteiger partial charge is 0.177 e. The zero-order valence-corrected chi connectivity index (χ0v) is 15.0. The zero-order valence-electron chi connectivity index (χ0n) is 15.0. The van der Waals surface area contributed by atoms with Crippen molar-refractivity contribution in [3.8, 4) is 5.75 Å². The summed E-state index contributed by atoms with van der Waals surface area (Å²) < 4.78 is 13.0. The van der Waals surface area contributed by atoms with Crippen molar-refractivity contribution in [2.75, 3.05) is 25.2 Å². The summed E-state index contributed by atoms with van der Waals surface area (Å²) in [6.45, 7) is 4.26. The predicted molar refractivity (Wildman–Crippen MR) is 99.3 cm³/mol. The first-order valence-corrected chi connectivity index (χ1v) is 8.71. The van der Waals surface area contributed by atoms with Crippen LogP contribution in [0.5, 0.6) is 5.75 Å². The summed E-state index contributed by atoms with van der Waals surface area (Å²) >= 11 is 0. The van der Waals surface area contributed by atoms with Crippen molar-refractivity contribution in [2.45, 2.75) is 19.7 Å².